The number of benzene rings is 3. The van der Waals surface area contributed by atoms with Gasteiger partial charge in [-0.05, 0) is 48.4 Å². The molecule has 178 valence electrons. The van der Waals surface area contributed by atoms with Gasteiger partial charge in [-0.2, -0.15) is 5.10 Å². The number of halogens is 1. The van der Waals surface area contributed by atoms with Crippen LogP contribution in [0.1, 0.15) is 20.8 Å². The van der Waals surface area contributed by atoms with Gasteiger partial charge >= 0.3 is 5.97 Å². The summed E-state index contributed by atoms with van der Waals surface area (Å²) in [6, 6.07) is 19.8. The highest BCUT2D eigenvalue weighted by molar-refractivity contribution is 7.21. The maximum atomic E-state index is 12.8. The Morgan fingerprint density at radius 1 is 1.03 bits per heavy atom. The Balaban J connectivity index is 1.38. The Hall–Kier alpha value is -3.88. The van der Waals surface area contributed by atoms with Crippen LogP contribution >= 0.6 is 22.9 Å². The van der Waals surface area contributed by atoms with Gasteiger partial charge in [-0.25, -0.2) is 10.2 Å². The van der Waals surface area contributed by atoms with Gasteiger partial charge in [0.1, 0.15) is 10.6 Å². The van der Waals surface area contributed by atoms with Gasteiger partial charge < -0.3 is 14.2 Å². The number of hydrogen-bond acceptors (Lipinski definition) is 7. The number of hydrazone groups is 1. The standard InChI is InChI=1S/C26H21ClN2O5S/c1-16-7-3-5-9-19(16)33-15-23(30)29-28-14-17-11-12-20(21(13-17)32-2)34-26(31)25-24(27)18-8-4-6-10-22(18)35-25/h3-14H,15H2,1-2H3,(H,29,30). The Morgan fingerprint density at radius 2 is 1.80 bits per heavy atom. The van der Waals surface area contributed by atoms with Crippen LogP contribution in [0.3, 0.4) is 0 Å². The van der Waals surface area contributed by atoms with Crippen LogP contribution < -0.4 is 19.6 Å². The minimum atomic E-state index is -0.572. The molecule has 0 radical (unpaired) electrons. The molecule has 1 N–H and O–H groups in total. The van der Waals surface area contributed by atoms with Crippen molar-refractivity contribution in [2.24, 2.45) is 5.10 Å². The number of methoxy groups -OCH3 is 1. The Labute approximate surface area is 210 Å². The van der Waals surface area contributed by atoms with Crippen LogP contribution in [0, 0.1) is 6.92 Å². The zero-order valence-electron chi connectivity index (χ0n) is 18.9. The molecule has 0 aliphatic rings. The minimum absolute atomic E-state index is 0.166. The predicted octanol–water partition coefficient (Wildman–Crippen LogP) is 5.62. The Kier molecular flexibility index (Phi) is 7.64. The number of ether oxygens (including phenoxy) is 3. The van der Waals surface area contributed by atoms with Crippen LogP contribution in [0.15, 0.2) is 71.8 Å². The second kappa shape index (κ2) is 11.0. The van der Waals surface area contributed by atoms with Gasteiger partial charge in [-0.3, -0.25) is 4.79 Å². The lowest BCUT2D eigenvalue weighted by molar-refractivity contribution is -0.123. The number of thiophene rings is 1. The first-order chi connectivity index (χ1) is 17.0. The van der Waals surface area contributed by atoms with Gasteiger partial charge in [-0.1, -0.05) is 48.0 Å². The maximum absolute atomic E-state index is 12.8. The second-order valence-electron chi connectivity index (χ2n) is 7.39. The normalized spacial score (nSPS) is 10.9. The molecule has 35 heavy (non-hydrogen) atoms. The van der Waals surface area contributed by atoms with E-state index < -0.39 is 11.9 Å². The van der Waals surface area contributed by atoms with Gasteiger partial charge in [0.25, 0.3) is 5.91 Å². The molecule has 3 aromatic carbocycles. The van der Waals surface area contributed by atoms with Crippen molar-refractivity contribution in [2.75, 3.05) is 13.7 Å². The van der Waals surface area contributed by atoms with E-state index in [9.17, 15) is 9.59 Å². The summed E-state index contributed by atoms with van der Waals surface area (Å²) in [5.41, 5.74) is 3.97. The zero-order chi connectivity index (χ0) is 24.8. The molecule has 9 heteroatoms. The number of aryl methyl sites for hydroxylation is 1. The lowest BCUT2D eigenvalue weighted by Crippen LogP contribution is -2.24. The van der Waals surface area contributed by atoms with Crippen molar-refractivity contribution in [3.63, 3.8) is 0 Å². The smallest absolute Gasteiger partial charge is 0.355 e. The molecule has 0 aliphatic heterocycles. The third kappa shape index (κ3) is 5.79. The van der Waals surface area contributed by atoms with Crippen LogP contribution in [0.5, 0.6) is 17.2 Å². The van der Waals surface area contributed by atoms with Gasteiger partial charge in [-0.15, -0.1) is 11.3 Å². The first-order valence-corrected chi connectivity index (χ1v) is 11.7. The highest BCUT2D eigenvalue weighted by Gasteiger charge is 2.20. The van der Waals surface area contributed by atoms with Crippen LogP contribution in [0.25, 0.3) is 10.1 Å². The van der Waals surface area contributed by atoms with E-state index in [-0.39, 0.29) is 12.4 Å². The van der Waals surface area contributed by atoms with E-state index in [4.69, 9.17) is 25.8 Å². The fourth-order valence-corrected chi connectivity index (χ4v) is 4.60. The Bertz CT molecular complexity index is 1420. The van der Waals surface area contributed by atoms with Gasteiger partial charge in [0.05, 0.1) is 18.3 Å². The summed E-state index contributed by atoms with van der Waals surface area (Å²) in [4.78, 5) is 25.1. The quantitative estimate of drug-likeness (QED) is 0.144. The Morgan fingerprint density at radius 3 is 2.57 bits per heavy atom. The van der Waals surface area contributed by atoms with Crippen molar-refractivity contribution < 1.29 is 23.8 Å². The number of amides is 1. The molecule has 0 bridgehead atoms. The molecule has 0 atom stereocenters. The second-order valence-corrected chi connectivity index (χ2v) is 8.82. The molecular weight excluding hydrogens is 488 g/mol. The van der Waals surface area contributed by atoms with Crippen molar-refractivity contribution in [1.82, 2.24) is 5.43 Å². The lowest BCUT2D eigenvalue weighted by Gasteiger charge is -2.09. The summed E-state index contributed by atoms with van der Waals surface area (Å²) in [5, 5.41) is 5.11. The summed E-state index contributed by atoms with van der Waals surface area (Å²) in [6.07, 6.45) is 1.45. The summed E-state index contributed by atoms with van der Waals surface area (Å²) < 4.78 is 17.3. The largest absolute Gasteiger partial charge is 0.493 e. The van der Waals surface area contributed by atoms with E-state index in [1.807, 2.05) is 49.4 Å². The zero-order valence-corrected chi connectivity index (χ0v) is 20.5. The van der Waals surface area contributed by atoms with Gasteiger partial charge in [0, 0.05) is 10.1 Å². The summed E-state index contributed by atoms with van der Waals surface area (Å²) in [7, 11) is 1.46. The molecule has 0 saturated carbocycles. The molecule has 0 unspecified atom stereocenters. The molecule has 0 fully saturated rings. The van der Waals surface area contributed by atoms with E-state index in [2.05, 4.69) is 10.5 Å². The SMILES string of the molecule is COc1cc(C=NNC(=O)COc2ccccc2C)ccc1OC(=O)c1sc2ccccc2c1Cl. The van der Waals surface area contributed by atoms with Gasteiger partial charge in [0.15, 0.2) is 18.1 Å². The molecule has 7 nitrogen and oxygen atoms in total. The average molecular weight is 509 g/mol. The molecule has 0 aliphatic carbocycles. The first kappa shape index (κ1) is 24.3. The van der Waals surface area contributed by atoms with Crippen molar-refractivity contribution >= 4 is 51.1 Å². The van der Waals surface area contributed by atoms with E-state index >= 15 is 0 Å². The predicted molar refractivity (Wildman–Crippen MR) is 137 cm³/mol. The third-order valence-electron chi connectivity index (χ3n) is 4.97. The summed E-state index contributed by atoms with van der Waals surface area (Å²) in [5.74, 6) is 0.227. The molecule has 0 spiro atoms. The number of fused-ring (bicyclic) bond motifs is 1. The van der Waals surface area contributed by atoms with E-state index in [0.717, 1.165) is 15.6 Å². The van der Waals surface area contributed by atoms with Crippen LogP contribution in [0.2, 0.25) is 5.02 Å². The van der Waals surface area contributed by atoms with E-state index in [1.165, 1.54) is 24.7 Å². The fourth-order valence-electron chi connectivity index (χ4n) is 3.21. The van der Waals surface area contributed by atoms with Crippen molar-refractivity contribution in [2.45, 2.75) is 6.92 Å². The van der Waals surface area contributed by atoms with Crippen LogP contribution in [0.4, 0.5) is 0 Å². The number of carbonyl (C=O) groups is 2. The molecule has 1 amide bonds. The summed E-state index contributed by atoms with van der Waals surface area (Å²) >= 11 is 7.65. The first-order valence-electron chi connectivity index (χ1n) is 10.5. The molecular formula is C26H21ClN2O5S. The summed E-state index contributed by atoms with van der Waals surface area (Å²) in [6.45, 7) is 1.73. The number of rotatable bonds is 8. The number of carbonyl (C=O) groups excluding carboxylic acids is 2. The van der Waals surface area contributed by atoms with E-state index in [0.29, 0.717) is 27.0 Å². The van der Waals surface area contributed by atoms with Crippen LogP contribution in [-0.4, -0.2) is 31.8 Å². The molecule has 1 heterocycles. The van der Waals surface area contributed by atoms with Crippen molar-refractivity contribution in [3.05, 3.63) is 87.8 Å². The average Bonchev–Trinajstić information content (AvgIpc) is 3.21. The van der Waals surface area contributed by atoms with Crippen molar-refractivity contribution in [1.29, 1.82) is 0 Å². The lowest BCUT2D eigenvalue weighted by atomic mass is 10.2. The van der Waals surface area contributed by atoms with Gasteiger partial charge in [0.2, 0.25) is 0 Å². The molecule has 1 aromatic heterocycles. The highest BCUT2D eigenvalue weighted by atomic mass is 35.5. The molecule has 0 saturated heterocycles. The fraction of sp³-hybridized carbons (Fsp3) is 0.115. The number of para-hydroxylation sites is 1. The number of hydrogen-bond donors (Lipinski definition) is 1. The van der Waals surface area contributed by atoms with Crippen molar-refractivity contribution in [3.8, 4) is 17.2 Å². The molecule has 4 rings (SSSR count). The van der Waals surface area contributed by atoms with Crippen LogP contribution in [-0.2, 0) is 4.79 Å². The minimum Gasteiger partial charge on any atom is -0.493 e. The number of nitrogens with one attached hydrogen (secondary N) is 1. The number of nitrogens with zero attached hydrogens (tertiary/aromatic N) is 1. The monoisotopic (exact) mass is 508 g/mol. The molecule has 4 aromatic rings. The highest BCUT2D eigenvalue weighted by Crippen LogP contribution is 2.37. The third-order valence-corrected chi connectivity index (χ3v) is 6.62. The van der Waals surface area contributed by atoms with E-state index in [1.54, 1.807) is 24.3 Å². The maximum Gasteiger partial charge on any atom is 0.355 e. The topological polar surface area (TPSA) is 86.2 Å². The number of esters is 1.